The summed E-state index contributed by atoms with van der Waals surface area (Å²) >= 11 is 0. The molecule has 13 heteroatoms. The summed E-state index contributed by atoms with van der Waals surface area (Å²) in [5.74, 6) is 0.976. The largest absolute Gasteiger partial charge is 0.497 e. The molecule has 0 fully saturated rings. The standard InChI is InChI=1S/C32H34O3.C12H10O3S.C11H8N2O3S/c1-31(2,24-8-6-23(22-33)7-9-24)25-10-12-26(13-11-25)32(3,27-14-18-29(34-4)19-15-27)28-16-20-30(35-5)21-17-28;1-8-6-7-9-10(12(8)13)4-3-5-11(9)16(2,14)15;1-17(15,16)10-6-9(13-12)11(14)8-5-3-2-4-7(8)10/h6-21,33H,22H2,1-5H3;3-7H,1H2,2H3;2-6H,1H3. The van der Waals surface area contributed by atoms with Gasteiger partial charge in [0.15, 0.2) is 25.5 Å². The fourth-order valence-corrected chi connectivity index (χ4v) is 9.92. The molecule has 0 radical (unpaired) electrons. The highest BCUT2D eigenvalue weighted by Crippen LogP contribution is 2.41. The summed E-state index contributed by atoms with van der Waals surface area (Å²) in [5, 5.41) is 9.39. The first-order chi connectivity index (χ1) is 32.2. The van der Waals surface area contributed by atoms with Crippen molar-refractivity contribution in [3.05, 3.63) is 225 Å². The third-order valence-electron chi connectivity index (χ3n) is 12.3. The molecule has 348 valence electrons. The van der Waals surface area contributed by atoms with Gasteiger partial charge in [0.25, 0.3) is 5.78 Å². The lowest BCUT2D eigenvalue weighted by Crippen LogP contribution is -2.26. The minimum absolute atomic E-state index is 0.0134. The van der Waals surface area contributed by atoms with Gasteiger partial charge in [-0.3, -0.25) is 9.59 Å². The maximum absolute atomic E-state index is 11.8. The molecule has 1 N–H and O–H groups in total. The Labute approximate surface area is 398 Å². The van der Waals surface area contributed by atoms with Crippen molar-refractivity contribution in [3.63, 3.8) is 0 Å². The van der Waals surface area contributed by atoms with E-state index in [4.69, 9.17) is 15.0 Å². The molecular formula is C55H52N2O9S2. The molecule has 2 aliphatic carbocycles. The molecule has 0 saturated heterocycles. The topological polar surface area (TPSA) is 178 Å². The summed E-state index contributed by atoms with van der Waals surface area (Å²) in [7, 11) is -3.43. The Kier molecular flexibility index (Phi) is 15.0. The number of hydrogen-bond donors (Lipinski definition) is 1. The van der Waals surface area contributed by atoms with Gasteiger partial charge in [-0.2, -0.15) is 4.79 Å². The highest BCUT2D eigenvalue weighted by molar-refractivity contribution is 8.00. The number of carbonyl (C=O) groups excluding carboxylic acids is 2. The molecule has 0 saturated carbocycles. The molecule has 6 aromatic rings. The van der Waals surface area contributed by atoms with E-state index in [9.17, 15) is 31.5 Å². The number of Topliss-reactive ketones (excluding diaryl/α,β-unsaturated/α-hetero) is 2. The molecule has 0 aliphatic heterocycles. The van der Waals surface area contributed by atoms with Crippen molar-refractivity contribution < 1.29 is 45.8 Å². The minimum atomic E-state index is -3.49. The maximum atomic E-state index is 11.8. The number of methoxy groups -OCH3 is 2. The van der Waals surface area contributed by atoms with Crippen molar-refractivity contribution in [1.29, 1.82) is 0 Å². The van der Waals surface area contributed by atoms with E-state index in [0.29, 0.717) is 22.3 Å². The molecule has 8 rings (SSSR count). The number of ketones is 2. The second kappa shape index (κ2) is 20.3. The van der Waals surface area contributed by atoms with Gasteiger partial charge in [0.05, 0.1) is 36.7 Å². The van der Waals surface area contributed by atoms with E-state index in [1.54, 1.807) is 56.7 Å². The Morgan fingerprint density at radius 1 is 0.588 bits per heavy atom. The lowest BCUT2D eigenvalue weighted by atomic mass is 9.70. The average molecular weight is 949 g/mol. The lowest BCUT2D eigenvalue weighted by molar-refractivity contribution is -0.00437. The predicted octanol–water partition coefficient (Wildman–Crippen LogP) is 9.67. The quantitative estimate of drug-likeness (QED) is 0.0606. The third-order valence-corrected chi connectivity index (χ3v) is 14.6. The van der Waals surface area contributed by atoms with Gasteiger partial charge >= 0.3 is 5.71 Å². The SMILES string of the molecule is C=C1C=Cc2c(cccc2S(C)(=O)=O)C1=O.COc1ccc(C(C)(c2ccc(OC)cc2)c2ccc(C(C)(C)c3ccc(CO)cc3)cc2)cc1.CS(=O)(=O)C1=CC(=[N+]=[N-])C(=O)c2ccccc21. The van der Waals surface area contributed by atoms with Crippen LogP contribution in [0.1, 0.15) is 86.0 Å². The molecule has 2 aliphatic rings. The van der Waals surface area contributed by atoms with E-state index in [-0.39, 0.29) is 44.3 Å². The van der Waals surface area contributed by atoms with E-state index >= 15 is 0 Å². The Hall–Kier alpha value is -7.28. The van der Waals surface area contributed by atoms with Crippen molar-refractivity contribution in [2.24, 2.45) is 0 Å². The normalized spacial score (nSPS) is 13.4. The van der Waals surface area contributed by atoms with E-state index in [1.165, 1.54) is 39.9 Å². The summed E-state index contributed by atoms with van der Waals surface area (Å²) in [6.07, 6.45) is 6.42. The van der Waals surface area contributed by atoms with E-state index in [1.807, 2.05) is 36.4 Å². The minimum Gasteiger partial charge on any atom is -0.497 e. The highest BCUT2D eigenvalue weighted by atomic mass is 32.2. The van der Waals surface area contributed by atoms with Gasteiger partial charge in [0.2, 0.25) is 0 Å². The molecule has 6 aromatic carbocycles. The number of allylic oxidation sites excluding steroid dienone is 3. The first kappa shape index (κ1) is 50.1. The van der Waals surface area contributed by atoms with Crippen LogP contribution in [0.25, 0.3) is 16.5 Å². The van der Waals surface area contributed by atoms with Gasteiger partial charge in [0, 0.05) is 51.2 Å². The Morgan fingerprint density at radius 2 is 1.04 bits per heavy atom. The first-order valence-corrected chi connectivity index (χ1v) is 25.1. The molecule has 68 heavy (non-hydrogen) atoms. The summed E-state index contributed by atoms with van der Waals surface area (Å²) in [4.78, 5) is 26.5. The number of aliphatic hydroxyl groups is 1. The van der Waals surface area contributed by atoms with Crippen molar-refractivity contribution in [1.82, 2.24) is 0 Å². The van der Waals surface area contributed by atoms with Crippen LogP contribution in [0.2, 0.25) is 0 Å². The number of carbonyl (C=O) groups is 2. The monoisotopic (exact) mass is 948 g/mol. The molecule has 11 nitrogen and oxygen atoms in total. The number of sulfone groups is 2. The van der Waals surface area contributed by atoms with Crippen LogP contribution < -0.4 is 9.47 Å². The maximum Gasteiger partial charge on any atom is 0.364 e. The fraction of sp³-hybridized carbons (Fsp3) is 0.182. The predicted molar refractivity (Wildman–Crippen MR) is 267 cm³/mol. The summed E-state index contributed by atoms with van der Waals surface area (Å²) < 4.78 is 57.1. The van der Waals surface area contributed by atoms with Crippen LogP contribution in [0.3, 0.4) is 0 Å². The fourth-order valence-electron chi connectivity index (χ4n) is 8.11. The number of benzene rings is 6. The molecule has 0 aromatic heterocycles. The van der Waals surface area contributed by atoms with Crippen LogP contribution in [-0.2, 0) is 37.1 Å². The molecule has 0 bridgehead atoms. The number of rotatable bonds is 10. The van der Waals surface area contributed by atoms with Crippen molar-refractivity contribution in [3.8, 4) is 11.5 Å². The molecule has 0 atom stereocenters. The van der Waals surface area contributed by atoms with Crippen LogP contribution in [-0.4, -0.2) is 70.7 Å². The van der Waals surface area contributed by atoms with Gasteiger partial charge in [-0.15, -0.1) is 0 Å². The molecule has 0 heterocycles. The molecule has 0 unspecified atom stereocenters. The molecule has 0 amide bonds. The smallest absolute Gasteiger partial charge is 0.364 e. The number of ether oxygens (including phenoxy) is 2. The molecule has 0 spiro atoms. The summed E-state index contributed by atoms with van der Waals surface area (Å²) in [6.45, 7) is 10.4. The Morgan fingerprint density at radius 3 is 1.50 bits per heavy atom. The van der Waals surface area contributed by atoms with Crippen LogP contribution in [0.15, 0.2) is 169 Å². The Bertz CT molecular complexity index is 3190. The lowest BCUT2D eigenvalue weighted by Gasteiger charge is -2.33. The second-order valence-electron chi connectivity index (χ2n) is 17.0. The zero-order valence-corrected chi connectivity index (χ0v) is 40.5. The number of nitrogens with zero attached hydrogens (tertiary/aromatic N) is 2. The number of hydrogen-bond acceptors (Lipinski definition) is 9. The average Bonchev–Trinajstić information content (AvgIpc) is 3.34. The summed E-state index contributed by atoms with van der Waals surface area (Å²) in [5.41, 5.74) is 16.7. The van der Waals surface area contributed by atoms with Crippen LogP contribution in [0.5, 0.6) is 11.5 Å². The third kappa shape index (κ3) is 10.5. The van der Waals surface area contributed by atoms with Gasteiger partial charge in [0.1, 0.15) is 11.5 Å². The van der Waals surface area contributed by atoms with Crippen LogP contribution >= 0.6 is 0 Å². The second-order valence-corrected chi connectivity index (χ2v) is 20.9. The van der Waals surface area contributed by atoms with Gasteiger partial charge in [-0.25, -0.2) is 16.8 Å². The van der Waals surface area contributed by atoms with Crippen molar-refractivity contribution in [2.45, 2.75) is 43.1 Å². The van der Waals surface area contributed by atoms with E-state index < -0.39 is 25.5 Å². The zero-order chi connectivity index (χ0) is 49.6. The van der Waals surface area contributed by atoms with Gasteiger partial charge < -0.3 is 20.1 Å². The van der Waals surface area contributed by atoms with E-state index in [0.717, 1.165) is 35.7 Å². The Balaban J connectivity index is 0.000000191. The van der Waals surface area contributed by atoms with E-state index in [2.05, 4.69) is 92.8 Å². The first-order valence-electron chi connectivity index (χ1n) is 21.3. The van der Waals surface area contributed by atoms with Gasteiger partial charge in [-0.05, 0) is 70.6 Å². The number of aliphatic hydroxyl groups excluding tert-OH is 1. The highest BCUT2D eigenvalue weighted by Gasteiger charge is 2.34. The molecular weight excluding hydrogens is 897 g/mol. The zero-order valence-electron chi connectivity index (χ0n) is 38.8. The van der Waals surface area contributed by atoms with Crippen molar-refractivity contribution in [2.75, 3.05) is 26.7 Å². The number of fused-ring (bicyclic) bond motifs is 2. The van der Waals surface area contributed by atoms with Crippen molar-refractivity contribution >= 4 is 47.9 Å². The summed E-state index contributed by atoms with van der Waals surface area (Å²) in [6, 6.07) is 44.8. The van der Waals surface area contributed by atoms with Crippen LogP contribution in [0, 0.1) is 0 Å². The van der Waals surface area contributed by atoms with Gasteiger partial charge in [-0.1, -0.05) is 142 Å². The van der Waals surface area contributed by atoms with Crippen LogP contribution in [0.4, 0.5) is 0 Å².